The Balaban J connectivity index is 0.00000256. The first-order valence-electron chi connectivity index (χ1n) is 5.63. The van der Waals surface area contributed by atoms with Crippen LogP contribution in [-0.4, -0.2) is 43.0 Å². The van der Waals surface area contributed by atoms with Gasteiger partial charge in [0.1, 0.15) is 0 Å². The Morgan fingerprint density at radius 3 is 2.71 bits per heavy atom. The van der Waals surface area contributed by atoms with E-state index in [-0.39, 0.29) is 18.3 Å². The van der Waals surface area contributed by atoms with Crippen molar-refractivity contribution in [2.75, 3.05) is 26.2 Å². The monoisotopic (exact) mass is 264 g/mol. The predicted octanol–water partition coefficient (Wildman–Crippen LogP) is -0.336. The fraction of sp³-hybridized carbons (Fsp3) is 0.800. The maximum absolute atomic E-state index is 11.2. The zero-order valence-electron chi connectivity index (χ0n) is 9.85. The van der Waals surface area contributed by atoms with E-state index in [4.69, 9.17) is 11.5 Å². The van der Waals surface area contributed by atoms with Crippen LogP contribution in [0.3, 0.4) is 0 Å². The lowest BCUT2D eigenvalue weighted by atomic mass is 9.98. The SMILES string of the molecule is Cl.NCC1CCCN(CCC(=O)NC(N)=O)C1. The van der Waals surface area contributed by atoms with E-state index in [0.717, 1.165) is 19.5 Å². The smallest absolute Gasteiger partial charge is 0.318 e. The van der Waals surface area contributed by atoms with Gasteiger partial charge in [-0.05, 0) is 31.8 Å². The van der Waals surface area contributed by atoms with Gasteiger partial charge in [-0.25, -0.2) is 4.79 Å². The fourth-order valence-corrected chi connectivity index (χ4v) is 2.01. The van der Waals surface area contributed by atoms with Crippen molar-refractivity contribution in [3.8, 4) is 0 Å². The summed E-state index contributed by atoms with van der Waals surface area (Å²) in [7, 11) is 0. The van der Waals surface area contributed by atoms with Crippen molar-refractivity contribution in [3.63, 3.8) is 0 Å². The van der Waals surface area contributed by atoms with Gasteiger partial charge in [0.05, 0.1) is 0 Å². The van der Waals surface area contributed by atoms with Gasteiger partial charge in [0.25, 0.3) is 0 Å². The average molecular weight is 265 g/mol. The summed E-state index contributed by atoms with van der Waals surface area (Å²) in [5, 5.41) is 2.06. The summed E-state index contributed by atoms with van der Waals surface area (Å²) >= 11 is 0. The molecule has 0 bridgehead atoms. The van der Waals surface area contributed by atoms with Crippen molar-refractivity contribution in [3.05, 3.63) is 0 Å². The fourth-order valence-electron chi connectivity index (χ4n) is 2.01. The number of carbonyl (C=O) groups is 2. The maximum atomic E-state index is 11.2. The van der Waals surface area contributed by atoms with Crippen LogP contribution in [0.15, 0.2) is 0 Å². The van der Waals surface area contributed by atoms with Crippen LogP contribution in [0.4, 0.5) is 4.79 Å². The van der Waals surface area contributed by atoms with Gasteiger partial charge in [-0.2, -0.15) is 0 Å². The number of nitrogens with zero attached hydrogens (tertiary/aromatic N) is 1. The molecule has 6 nitrogen and oxygen atoms in total. The van der Waals surface area contributed by atoms with E-state index in [1.807, 2.05) is 0 Å². The second kappa shape index (κ2) is 8.27. The summed E-state index contributed by atoms with van der Waals surface area (Å²) in [6, 6.07) is -0.788. The maximum Gasteiger partial charge on any atom is 0.318 e. The molecule has 0 aromatic carbocycles. The molecule has 17 heavy (non-hydrogen) atoms. The number of urea groups is 1. The van der Waals surface area contributed by atoms with Gasteiger partial charge in [-0.3, -0.25) is 10.1 Å². The van der Waals surface area contributed by atoms with Gasteiger partial charge in [-0.15, -0.1) is 12.4 Å². The molecular formula is C10H21ClN4O2. The second-order valence-electron chi connectivity index (χ2n) is 4.21. The third kappa shape index (κ3) is 6.45. The molecule has 5 N–H and O–H groups in total. The molecule has 1 unspecified atom stereocenters. The number of carbonyl (C=O) groups excluding carboxylic acids is 2. The highest BCUT2D eigenvalue weighted by molar-refractivity contribution is 5.93. The average Bonchev–Trinajstić information content (AvgIpc) is 2.26. The van der Waals surface area contributed by atoms with Crippen molar-refractivity contribution in [2.24, 2.45) is 17.4 Å². The topological polar surface area (TPSA) is 101 Å². The molecule has 0 saturated carbocycles. The van der Waals surface area contributed by atoms with Crippen LogP contribution in [-0.2, 0) is 4.79 Å². The second-order valence-corrected chi connectivity index (χ2v) is 4.21. The van der Waals surface area contributed by atoms with Gasteiger partial charge >= 0.3 is 6.03 Å². The lowest BCUT2D eigenvalue weighted by Crippen LogP contribution is -2.41. The Bertz CT molecular complexity index is 263. The molecule has 0 spiro atoms. The molecule has 7 heteroatoms. The highest BCUT2D eigenvalue weighted by Gasteiger charge is 2.19. The minimum Gasteiger partial charge on any atom is -0.351 e. The Labute approximate surface area is 107 Å². The minimum atomic E-state index is -0.788. The first-order chi connectivity index (χ1) is 7.61. The molecule has 1 saturated heterocycles. The van der Waals surface area contributed by atoms with Crippen molar-refractivity contribution in [2.45, 2.75) is 19.3 Å². The molecule has 100 valence electrons. The molecule has 1 aliphatic rings. The van der Waals surface area contributed by atoms with E-state index in [1.54, 1.807) is 0 Å². The van der Waals surface area contributed by atoms with Crippen LogP contribution in [0.25, 0.3) is 0 Å². The van der Waals surface area contributed by atoms with Crippen molar-refractivity contribution >= 4 is 24.3 Å². The zero-order valence-corrected chi connectivity index (χ0v) is 10.7. The highest BCUT2D eigenvalue weighted by Crippen LogP contribution is 2.14. The predicted molar refractivity (Wildman–Crippen MR) is 67.8 cm³/mol. The van der Waals surface area contributed by atoms with Crippen molar-refractivity contribution in [1.29, 1.82) is 0 Å². The van der Waals surface area contributed by atoms with Crippen molar-refractivity contribution in [1.82, 2.24) is 10.2 Å². The molecule has 1 aliphatic heterocycles. The molecule has 0 aromatic rings. The van der Waals surface area contributed by atoms with Crippen LogP contribution in [0.2, 0.25) is 0 Å². The van der Waals surface area contributed by atoms with Crippen molar-refractivity contribution < 1.29 is 9.59 Å². The Morgan fingerprint density at radius 1 is 1.41 bits per heavy atom. The molecule has 1 fully saturated rings. The first-order valence-corrected chi connectivity index (χ1v) is 5.63. The van der Waals surface area contributed by atoms with Gasteiger partial charge < -0.3 is 16.4 Å². The largest absolute Gasteiger partial charge is 0.351 e. The number of imide groups is 1. The molecule has 1 atom stereocenters. The van der Waals surface area contributed by atoms with Gasteiger partial charge in [-0.1, -0.05) is 0 Å². The van der Waals surface area contributed by atoms with Crippen LogP contribution in [0, 0.1) is 5.92 Å². The number of nitrogens with two attached hydrogens (primary N) is 2. The molecule has 1 heterocycles. The number of hydrogen-bond donors (Lipinski definition) is 3. The van der Waals surface area contributed by atoms with Crippen LogP contribution >= 0.6 is 12.4 Å². The summed E-state index contributed by atoms with van der Waals surface area (Å²) in [5.41, 5.74) is 10.5. The van der Waals surface area contributed by atoms with Crippen LogP contribution < -0.4 is 16.8 Å². The summed E-state index contributed by atoms with van der Waals surface area (Å²) in [5.74, 6) is 0.218. The number of likely N-dealkylation sites (tertiary alicyclic amines) is 1. The Morgan fingerprint density at radius 2 is 2.12 bits per heavy atom. The number of halogens is 1. The summed E-state index contributed by atoms with van der Waals surface area (Å²) < 4.78 is 0. The third-order valence-corrected chi connectivity index (χ3v) is 2.85. The number of hydrogen-bond acceptors (Lipinski definition) is 4. The first kappa shape index (κ1) is 16.1. The van der Waals surface area contributed by atoms with Gasteiger partial charge in [0.2, 0.25) is 5.91 Å². The summed E-state index contributed by atoms with van der Waals surface area (Å²) in [6.45, 7) is 3.31. The molecular weight excluding hydrogens is 244 g/mol. The van der Waals surface area contributed by atoms with Crippen LogP contribution in [0.1, 0.15) is 19.3 Å². The van der Waals surface area contributed by atoms with Gasteiger partial charge in [0.15, 0.2) is 0 Å². The van der Waals surface area contributed by atoms with E-state index in [1.165, 1.54) is 6.42 Å². The number of primary amides is 1. The highest BCUT2D eigenvalue weighted by atomic mass is 35.5. The van der Waals surface area contributed by atoms with Gasteiger partial charge in [0, 0.05) is 19.5 Å². The summed E-state index contributed by atoms with van der Waals surface area (Å²) in [4.78, 5) is 23.8. The van der Waals surface area contributed by atoms with E-state index >= 15 is 0 Å². The van der Waals surface area contributed by atoms with E-state index < -0.39 is 6.03 Å². The molecule has 0 radical (unpaired) electrons. The molecule has 0 aromatic heterocycles. The summed E-state index contributed by atoms with van der Waals surface area (Å²) in [6.07, 6.45) is 2.60. The zero-order chi connectivity index (χ0) is 12.0. The van der Waals surface area contributed by atoms with E-state index in [2.05, 4.69) is 10.2 Å². The molecule has 1 rings (SSSR count). The third-order valence-electron chi connectivity index (χ3n) is 2.85. The number of piperidine rings is 1. The quantitative estimate of drug-likeness (QED) is 0.647. The molecule has 0 aliphatic carbocycles. The Kier molecular flexibility index (Phi) is 7.86. The Hall–Kier alpha value is -0.850. The van der Waals surface area contributed by atoms with E-state index in [9.17, 15) is 9.59 Å². The minimum absolute atomic E-state index is 0. The number of rotatable bonds is 4. The number of nitrogens with one attached hydrogen (secondary N) is 1. The normalized spacial score (nSPS) is 20.4. The lowest BCUT2D eigenvalue weighted by molar-refractivity contribution is -0.120. The van der Waals surface area contributed by atoms with E-state index in [0.29, 0.717) is 25.4 Å². The number of amides is 3. The molecule has 3 amide bonds. The standard InChI is InChI=1S/C10H20N4O2.ClH/c11-6-8-2-1-4-14(7-8)5-3-9(15)13-10(12)16;/h8H,1-7,11H2,(H3,12,13,15,16);1H. The lowest BCUT2D eigenvalue weighted by Gasteiger charge is -2.31. The van der Waals surface area contributed by atoms with Crippen LogP contribution in [0.5, 0.6) is 0 Å².